The lowest BCUT2D eigenvalue weighted by Crippen LogP contribution is -2.45. The quantitative estimate of drug-likeness (QED) is 0.0320. The molecule has 0 rings (SSSR count). The summed E-state index contributed by atoms with van der Waals surface area (Å²) in [5.41, 5.74) is 0. The van der Waals surface area contributed by atoms with E-state index in [0.29, 0.717) is 19.4 Å². The Morgan fingerprint density at radius 3 is 0.865 bits per heavy atom. The van der Waals surface area contributed by atoms with Crippen LogP contribution in [0.2, 0.25) is 0 Å². The molecule has 524 valence electrons. The lowest BCUT2D eigenvalue weighted by molar-refractivity contribution is -0.143. The first-order chi connectivity index (χ1) is 44.0. The summed E-state index contributed by atoms with van der Waals surface area (Å²) < 4.78 is 5.52. The molecule has 3 N–H and O–H groups in total. The van der Waals surface area contributed by atoms with Gasteiger partial charge in [0.25, 0.3) is 0 Å². The van der Waals surface area contributed by atoms with Crippen LogP contribution >= 0.6 is 0 Å². The maximum atomic E-state index is 12.5. The predicted molar refractivity (Wildman–Crippen MR) is 393 cm³/mol. The largest absolute Gasteiger partial charge is 0.466 e. The molecule has 0 radical (unpaired) electrons. The van der Waals surface area contributed by atoms with Crippen molar-refractivity contribution < 1.29 is 24.5 Å². The zero-order valence-electron chi connectivity index (χ0n) is 60.2. The number of amides is 1. The van der Waals surface area contributed by atoms with Crippen molar-refractivity contribution in [2.75, 3.05) is 13.2 Å². The van der Waals surface area contributed by atoms with Crippen LogP contribution in [0, 0.1) is 0 Å². The van der Waals surface area contributed by atoms with Crippen LogP contribution in [-0.2, 0) is 14.3 Å². The molecule has 0 spiro atoms. The minimum atomic E-state index is -0.843. The van der Waals surface area contributed by atoms with Gasteiger partial charge in [0.05, 0.1) is 25.4 Å². The molecule has 0 aliphatic heterocycles. The average Bonchev–Trinajstić information content (AvgIpc) is 3.56. The van der Waals surface area contributed by atoms with Crippen LogP contribution < -0.4 is 5.32 Å². The van der Waals surface area contributed by atoms with Crippen LogP contribution in [0.1, 0.15) is 444 Å². The number of aliphatic hydroxyl groups excluding tert-OH is 2. The van der Waals surface area contributed by atoms with E-state index < -0.39 is 12.1 Å². The molecule has 1 amide bonds. The molecule has 0 bridgehead atoms. The van der Waals surface area contributed by atoms with Crippen LogP contribution in [0.3, 0.4) is 0 Å². The monoisotopic (exact) mass is 1250 g/mol. The third-order valence-corrected chi connectivity index (χ3v) is 18.8. The van der Waals surface area contributed by atoms with Gasteiger partial charge in [-0.3, -0.25) is 9.59 Å². The van der Waals surface area contributed by atoms with Gasteiger partial charge >= 0.3 is 5.97 Å². The van der Waals surface area contributed by atoms with Gasteiger partial charge in [-0.25, -0.2) is 0 Å². The third kappa shape index (κ3) is 74.7. The summed E-state index contributed by atoms with van der Waals surface area (Å²) in [6, 6.07) is -0.626. The molecule has 0 aromatic carbocycles. The standard InChI is InChI=1S/C83H157NO5/c1-3-5-7-9-11-13-15-17-19-21-41-45-49-53-57-61-65-69-73-77-83(88)89-78-74-70-66-62-58-54-50-46-43-40-38-36-34-32-30-28-26-24-22-23-25-27-29-31-33-35-37-39-42-44-48-52-56-60-64-68-72-76-82(87)84-80(79-85)81(86)75-71-67-63-59-55-51-47-20-18-16-14-12-10-8-6-4-2/h17,19,22,24,28,30,71,75,80-81,85-86H,3-16,18,20-21,23,25-27,29,31-70,72-74,76-79H2,1-2H3,(H,84,87)/b19-17-,24-22-,30-28-,75-71+. The first-order valence-corrected chi connectivity index (χ1v) is 40.4. The van der Waals surface area contributed by atoms with Crippen LogP contribution in [0.25, 0.3) is 0 Å². The first kappa shape index (κ1) is 86.8. The summed E-state index contributed by atoms with van der Waals surface area (Å²) in [7, 11) is 0. The van der Waals surface area contributed by atoms with Crippen molar-refractivity contribution >= 4 is 11.9 Å². The van der Waals surface area contributed by atoms with Gasteiger partial charge < -0.3 is 20.3 Å². The summed E-state index contributed by atoms with van der Waals surface area (Å²) in [5, 5.41) is 23.2. The summed E-state index contributed by atoms with van der Waals surface area (Å²) >= 11 is 0. The highest BCUT2D eigenvalue weighted by molar-refractivity contribution is 5.76. The number of allylic oxidation sites excluding steroid dienone is 7. The minimum Gasteiger partial charge on any atom is -0.466 e. The van der Waals surface area contributed by atoms with Gasteiger partial charge in [-0.2, -0.15) is 0 Å². The van der Waals surface area contributed by atoms with Crippen molar-refractivity contribution in [2.24, 2.45) is 0 Å². The number of hydrogen-bond acceptors (Lipinski definition) is 5. The molecule has 0 aromatic rings. The smallest absolute Gasteiger partial charge is 0.305 e. The molecule has 0 saturated carbocycles. The average molecular weight is 1250 g/mol. The molecule has 6 heteroatoms. The molecular weight excluding hydrogens is 1090 g/mol. The van der Waals surface area contributed by atoms with Gasteiger partial charge in [0.2, 0.25) is 5.91 Å². The normalized spacial score (nSPS) is 12.7. The van der Waals surface area contributed by atoms with Gasteiger partial charge in [-0.05, 0) is 89.9 Å². The molecule has 6 nitrogen and oxygen atoms in total. The Labute approximate surface area is 556 Å². The van der Waals surface area contributed by atoms with E-state index in [9.17, 15) is 19.8 Å². The molecule has 0 saturated heterocycles. The van der Waals surface area contributed by atoms with Gasteiger partial charge in [0.1, 0.15) is 0 Å². The molecular formula is C83H157NO5. The third-order valence-electron chi connectivity index (χ3n) is 18.8. The van der Waals surface area contributed by atoms with Gasteiger partial charge in [0, 0.05) is 12.8 Å². The number of nitrogens with one attached hydrogen (secondary N) is 1. The molecule has 2 atom stereocenters. The zero-order chi connectivity index (χ0) is 64.2. The maximum Gasteiger partial charge on any atom is 0.305 e. The predicted octanol–water partition coefficient (Wildman–Crippen LogP) is 26.8. The van der Waals surface area contributed by atoms with Crippen LogP contribution in [-0.4, -0.2) is 47.4 Å². The van der Waals surface area contributed by atoms with Crippen molar-refractivity contribution in [3.05, 3.63) is 48.6 Å². The second-order valence-electron chi connectivity index (χ2n) is 27.7. The highest BCUT2D eigenvalue weighted by Gasteiger charge is 2.18. The number of esters is 1. The second-order valence-corrected chi connectivity index (χ2v) is 27.7. The molecule has 0 aromatic heterocycles. The number of aliphatic hydroxyl groups is 2. The van der Waals surface area contributed by atoms with Gasteiger partial charge in [-0.15, -0.1) is 0 Å². The van der Waals surface area contributed by atoms with E-state index in [2.05, 4.69) is 55.6 Å². The van der Waals surface area contributed by atoms with Crippen molar-refractivity contribution in [3.63, 3.8) is 0 Å². The Balaban J connectivity index is 3.36. The van der Waals surface area contributed by atoms with Gasteiger partial charge in [-0.1, -0.05) is 390 Å². The van der Waals surface area contributed by atoms with Crippen molar-refractivity contribution in [1.82, 2.24) is 5.32 Å². The van der Waals surface area contributed by atoms with Crippen molar-refractivity contribution in [3.8, 4) is 0 Å². The molecule has 0 aliphatic carbocycles. The van der Waals surface area contributed by atoms with E-state index in [-0.39, 0.29) is 18.5 Å². The van der Waals surface area contributed by atoms with Crippen LogP contribution in [0.5, 0.6) is 0 Å². The Morgan fingerprint density at radius 2 is 0.562 bits per heavy atom. The minimum absolute atomic E-state index is 0.0187. The number of rotatable bonds is 76. The number of hydrogen-bond donors (Lipinski definition) is 3. The molecule has 0 heterocycles. The molecule has 0 fully saturated rings. The van der Waals surface area contributed by atoms with E-state index in [1.54, 1.807) is 6.08 Å². The summed E-state index contributed by atoms with van der Waals surface area (Å²) in [5.74, 6) is -0.0437. The Morgan fingerprint density at radius 1 is 0.315 bits per heavy atom. The highest BCUT2D eigenvalue weighted by atomic mass is 16.5. The van der Waals surface area contributed by atoms with Crippen molar-refractivity contribution in [2.45, 2.75) is 456 Å². The Hall–Kier alpha value is -2.18. The lowest BCUT2D eigenvalue weighted by Gasteiger charge is -2.20. The topological polar surface area (TPSA) is 95.9 Å². The van der Waals surface area contributed by atoms with E-state index in [1.165, 1.54) is 372 Å². The summed E-state index contributed by atoms with van der Waals surface area (Å²) in [6.45, 7) is 4.94. The zero-order valence-corrected chi connectivity index (χ0v) is 60.2. The fraction of sp³-hybridized carbons (Fsp3) is 0.880. The number of ether oxygens (including phenoxy) is 1. The van der Waals surface area contributed by atoms with Crippen LogP contribution in [0.4, 0.5) is 0 Å². The van der Waals surface area contributed by atoms with Crippen LogP contribution in [0.15, 0.2) is 48.6 Å². The molecule has 89 heavy (non-hydrogen) atoms. The summed E-state index contributed by atoms with van der Waals surface area (Å²) in [4.78, 5) is 24.6. The van der Waals surface area contributed by atoms with Crippen molar-refractivity contribution in [1.29, 1.82) is 0 Å². The maximum absolute atomic E-state index is 12.5. The van der Waals surface area contributed by atoms with E-state index in [1.807, 2.05) is 6.08 Å². The number of unbranched alkanes of at least 4 members (excludes halogenated alkanes) is 59. The Kier molecular flexibility index (Phi) is 76.3. The second kappa shape index (κ2) is 78.3. The van der Waals surface area contributed by atoms with E-state index >= 15 is 0 Å². The number of carbonyl (C=O) groups is 2. The molecule has 0 aliphatic rings. The summed E-state index contributed by atoms with van der Waals surface area (Å²) in [6.07, 6.45) is 104. The SMILES string of the molecule is CCCCCCCC/C=C\CCCCCCCCCCCC(=O)OCCCCCCCCCCCCCCC/C=C\C/C=C\CCCCCCCCCCCCCCCCCCCC(=O)NC(CO)C(O)/C=C/CCCCCCCCCCCCCCCC. The number of carbonyl (C=O) groups excluding carboxylic acids is 2. The lowest BCUT2D eigenvalue weighted by atomic mass is 10.0. The molecule has 2 unspecified atom stereocenters. The van der Waals surface area contributed by atoms with Gasteiger partial charge in [0.15, 0.2) is 0 Å². The highest BCUT2D eigenvalue weighted by Crippen LogP contribution is 2.19. The van der Waals surface area contributed by atoms with E-state index in [0.717, 1.165) is 44.9 Å². The fourth-order valence-corrected chi connectivity index (χ4v) is 12.7. The fourth-order valence-electron chi connectivity index (χ4n) is 12.7. The Bertz CT molecular complexity index is 1490. The van der Waals surface area contributed by atoms with E-state index in [4.69, 9.17) is 4.74 Å². The first-order valence-electron chi connectivity index (χ1n) is 40.4.